The molecule has 0 aromatic heterocycles. The molecule has 1 aliphatic rings. The van der Waals surface area contributed by atoms with Crippen LogP contribution in [0.15, 0.2) is 0 Å². The molecule has 0 unspecified atom stereocenters. The number of halogens is 2. The quantitative estimate of drug-likeness (QED) is 0.455. The van der Waals surface area contributed by atoms with Gasteiger partial charge in [-0.3, -0.25) is 0 Å². The van der Waals surface area contributed by atoms with Crippen LogP contribution in [0.1, 0.15) is 58.3 Å². The van der Waals surface area contributed by atoms with Crippen molar-refractivity contribution in [3.8, 4) is 0 Å². The first-order valence-corrected chi connectivity index (χ1v) is 7.77. The molecule has 0 saturated carbocycles. The van der Waals surface area contributed by atoms with E-state index in [0.29, 0.717) is 13.3 Å². The summed E-state index contributed by atoms with van der Waals surface area (Å²) in [5.74, 6) is -4.78. The second-order valence-electron chi connectivity index (χ2n) is 5.69. The molecule has 1 rings (SSSR count). The van der Waals surface area contributed by atoms with Gasteiger partial charge in [0.15, 0.2) is 0 Å². The van der Waals surface area contributed by atoms with Gasteiger partial charge in [-0.1, -0.05) is 25.7 Å². The maximum Gasteiger partial charge on any atom is 0.376 e. The lowest BCUT2D eigenvalue weighted by molar-refractivity contribution is -0.169. The molecule has 5 heteroatoms. The summed E-state index contributed by atoms with van der Waals surface area (Å²) in [7, 11) is 0. The number of carbonyl (C=O) groups is 1. The predicted molar refractivity (Wildman–Crippen MR) is 75.0 cm³/mol. The van der Waals surface area contributed by atoms with Gasteiger partial charge in [0.1, 0.15) is 0 Å². The summed E-state index contributed by atoms with van der Waals surface area (Å²) < 4.78 is 29.5. The molecule has 1 aliphatic heterocycles. The molecule has 1 saturated heterocycles. The molecule has 0 bridgehead atoms. The molecule has 118 valence electrons. The number of rotatable bonds is 10. The Kier molecular flexibility index (Phi) is 8.04. The van der Waals surface area contributed by atoms with E-state index in [9.17, 15) is 13.6 Å². The average molecular weight is 291 g/mol. The molecule has 0 N–H and O–H groups in total. The summed E-state index contributed by atoms with van der Waals surface area (Å²) in [6, 6.07) is 0. The molecule has 0 aliphatic carbocycles. The van der Waals surface area contributed by atoms with Crippen LogP contribution in [0.2, 0.25) is 0 Å². The van der Waals surface area contributed by atoms with Crippen molar-refractivity contribution in [2.75, 3.05) is 26.2 Å². The lowest BCUT2D eigenvalue weighted by Gasteiger charge is -2.13. The summed E-state index contributed by atoms with van der Waals surface area (Å²) in [5.41, 5.74) is 0. The fourth-order valence-corrected chi connectivity index (χ4v) is 2.44. The Bertz CT molecular complexity index is 274. The predicted octanol–water partition coefficient (Wildman–Crippen LogP) is 3.62. The zero-order chi connectivity index (χ0) is 14.8. The molecule has 20 heavy (non-hydrogen) atoms. The van der Waals surface area contributed by atoms with Gasteiger partial charge in [0.2, 0.25) is 0 Å². The van der Waals surface area contributed by atoms with Crippen molar-refractivity contribution in [1.82, 2.24) is 4.90 Å². The van der Waals surface area contributed by atoms with Crippen LogP contribution in [0.4, 0.5) is 8.78 Å². The highest BCUT2D eigenvalue weighted by molar-refractivity contribution is 5.76. The lowest BCUT2D eigenvalue weighted by Crippen LogP contribution is -2.27. The highest BCUT2D eigenvalue weighted by Crippen LogP contribution is 2.14. The molecule has 0 amide bonds. The number of hydrogen-bond donors (Lipinski definition) is 0. The summed E-state index contributed by atoms with van der Waals surface area (Å²) in [6.45, 7) is 4.40. The van der Waals surface area contributed by atoms with Gasteiger partial charge < -0.3 is 9.64 Å². The van der Waals surface area contributed by atoms with Gasteiger partial charge >= 0.3 is 11.9 Å². The second kappa shape index (κ2) is 9.27. The Morgan fingerprint density at radius 2 is 1.60 bits per heavy atom. The number of hydrogen-bond acceptors (Lipinski definition) is 3. The number of esters is 1. The maximum absolute atomic E-state index is 12.5. The molecule has 1 fully saturated rings. The summed E-state index contributed by atoms with van der Waals surface area (Å²) >= 11 is 0. The Morgan fingerprint density at radius 1 is 1.05 bits per heavy atom. The number of unbranched alkanes of at least 4 members (excludes halogenated alkanes) is 5. The highest BCUT2D eigenvalue weighted by Gasteiger charge is 2.33. The van der Waals surface area contributed by atoms with E-state index in [1.54, 1.807) is 0 Å². The van der Waals surface area contributed by atoms with Crippen molar-refractivity contribution >= 4 is 5.97 Å². The fraction of sp³-hybridized carbons (Fsp3) is 0.933. The zero-order valence-corrected chi connectivity index (χ0v) is 12.5. The van der Waals surface area contributed by atoms with Gasteiger partial charge in [-0.2, -0.15) is 8.78 Å². The first-order valence-electron chi connectivity index (χ1n) is 7.77. The second-order valence-corrected chi connectivity index (χ2v) is 5.69. The third kappa shape index (κ3) is 7.78. The van der Waals surface area contributed by atoms with E-state index in [-0.39, 0.29) is 6.61 Å². The van der Waals surface area contributed by atoms with E-state index in [1.807, 2.05) is 0 Å². The Hall–Kier alpha value is -0.710. The molecule has 0 aromatic carbocycles. The highest BCUT2D eigenvalue weighted by atomic mass is 19.3. The van der Waals surface area contributed by atoms with Crippen molar-refractivity contribution < 1.29 is 18.3 Å². The minimum absolute atomic E-state index is 0.107. The first kappa shape index (κ1) is 17.3. The van der Waals surface area contributed by atoms with Gasteiger partial charge in [-0.15, -0.1) is 0 Å². The number of carbonyl (C=O) groups excluding carboxylic acids is 1. The summed E-state index contributed by atoms with van der Waals surface area (Å²) in [6.07, 6.45) is 9.03. The van der Waals surface area contributed by atoms with Gasteiger partial charge in [-0.25, -0.2) is 4.79 Å². The summed E-state index contributed by atoms with van der Waals surface area (Å²) in [4.78, 5) is 13.3. The molecule has 0 aromatic rings. The van der Waals surface area contributed by atoms with Crippen LogP contribution in [0.3, 0.4) is 0 Å². The summed E-state index contributed by atoms with van der Waals surface area (Å²) in [5, 5.41) is 0. The number of nitrogens with zero attached hydrogens (tertiary/aromatic N) is 1. The van der Waals surface area contributed by atoms with E-state index in [4.69, 9.17) is 0 Å². The fourth-order valence-electron chi connectivity index (χ4n) is 2.44. The smallest absolute Gasteiger partial charge is 0.376 e. The largest absolute Gasteiger partial charge is 0.461 e. The van der Waals surface area contributed by atoms with Gasteiger partial charge in [0.25, 0.3) is 0 Å². The number of ether oxygens (including phenoxy) is 1. The Balaban J connectivity index is 1.81. The van der Waals surface area contributed by atoms with E-state index in [1.165, 1.54) is 51.7 Å². The monoisotopic (exact) mass is 291 g/mol. The van der Waals surface area contributed by atoms with Crippen molar-refractivity contribution in [3.63, 3.8) is 0 Å². The Labute approximate surface area is 120 Å². The van der Waals surface area contributed by atoms with Crippen molar-refractivity contribution in [2.45, 2.75) is 64.2 Å². The third-order valence-electron chi connectivity index (χ3n) is 3.66. The normalized spacial score (nSPS) is 16.6. The minimum atomic E-state index is -3.37. The minimum Gasteiger partial charge on any atom is -0.461 e. The van der Waals surface area contributed by atoms with Crippen LogP contribution >= 0.6 is 0 Å². The van der Waals surface area contributed by atoms with E-state index in [2.05, 4.69) is 9.64 Å². The number of likely N-dealkylation sites (tertiary alicyclic amines) is 1. The SMILES string of the molecule is CC(F)(F)C(=O)OCCCCCCCCN1CCCC1. The van der Waals surface area contributed by atoms with Crippen LogP contribution in [0, 0.1) is 0 Å². The topological polar surface area (TPSA) is 29.5 Å². The van der Waals surface area contributed by atoms with Crippen LogP contribution < -0.4 is 0 Å². The first-order chi connectivity index (χ1) is 9.50. The van der Waals surface area contributed by atoms with Gasteiger partial charge in [-0.05, 0) is 45.3 Å². The molecule has 0 radical (unpaired) electrons. The Morgan fingerprint density at radius 3 is 2.20 bits per heavy atom. The van der Waals surface area contributed by atoms with E-state index in [0.717, 1.165) is 12.8 Å². The van der Waals surface area contributed by atoms with E-state index >= 15 is 0 Å². The van der Waals surface area contributed by atoms with E-state index < -0.39 is 11.9 Å². The van der Waals surface area contributed by atoms with Crippen LogP contribution in [0.25, 0.3) is 0 Å². The standard InChI is InChI=1S/C15H27F2NO2/c1-15(16,17)14(19)20-13-9-5-3-2-4-6-10-18-11-7-8-12-18/h2-13H2,1H3. The van der Waals surface area contributed by atoms with Crippen LogP contribution in [0.5, 0.6) is 0 Å². The van der Waals surface area contributed by atoms with Gasteiger partial charge in [0, 0.05) is 6.92 Å². The van der Waals surface area contributed by atoms with Gasteiger partial charge in [0.05, 0.1) is 6.61 Å². The van der Waals surface area contributed by atoms with Crippen molar-refractivity contribution in [2.24, 2.45) is 0 Å². The molecular weight excluding hydrogens is 264 g/mol. The van der Waals surface area contributed by atoms with Crippen LogP contribution in [-0.2, 0) is 9.53 Å². The maximum atomic E-state index is 12.5. The van der Waals surface area contributed by atoms with Crippen molar-refractivity contribution in [3.05, 3.63) is 0 Å². The third-order valence-corrected chi connectivity index (χ3v) is 3.66. The molecular formula is C15H27F2NO2. The number of alkyl halides is 2. The van der Waals surface area contributed by atoms with Crippen molar-refractivity contribution in [1.29, 1.82) is 0 Å². The average Bonchev–Trinajstić information content (AvgIpc) is 2.88. The van der Waals surface area contributed by atoms with Crippen LogP contribution in [-0.4, -0.2) is 43.0 Å². The molecule has 3 nitrogen and oxygen atoms in total. The zero-order valence-electron chi connectivity index (χ0n) is 12.5. The molecule has 1 heterocycles. The lowest BCUT2D eigenvalue weighted by atomic mass is 10.1. The molecule has 0 spiro atoms. The molecule has 0 atom stereocenters.